The smallest absolute Gasteiger partial charge is 0.243 e. The lowest BCUT2D eigenvalue weighted by Gasteiger charge is -2.22. The summed E-state index contributed by atoms with van der Waals surface area (Å²) in [6, 6.07) is 19.5. The highest BCUT2D eigenvalue weighted by Gasteiger charge is 2.34. The van der Waals surface area contributed by atoms with E-state index in [1.54, 1.807) is 0 Å². The van der Waals surface area contributed by atoms with Crippen molar-refractivity contribution in [3.8, 4) is 5.75 Å². The van der Waals surface area contributed by atoms with E-state index in [-0.39, 0.29) is 5.91 Å². The van der Waals surface area contributed by atoms with E-state index in [2.05, 4.69) is 10.2 Å². The van der Waals surface area contributed by atoms with Crippen molar-refractivity contribution in [2.45, 2.75) is 40.2 Å². The Morgan fingerprint density at radius 3 is 2.53 bits per heavy atom. The molecule has 30 heavy (non-hydrogen) atoms. The first-order chi connectivity index (χ1) is 14.5. The molecule has 0 bridgehead atoms. The number of benzene rings is 2. The lowest BCUT2D eigenvalue weighted by atomic mass is 10.1. The van der Waals surface area contributed by atoms with E-state index in [1.807, 2.05) is 79.2 Å². The maximum Gasteiger partial charge on any atom is 0.243 e. The van der Waals surface area contributed by atoms with Crippen LogP contribution in [0.15, 0.2) is 65.8 Å². The zero-order valence-electron chi connectivity index (χ0n) is 17.3. The molecule has 7 nitrogen and oxygen atoms in total. The fourth-order valence-electron chi connectivity index (χ4n) is 3.39. The van der Waals surface area contributed by atoms with Crippen molar-refractivity contribution in [3.63, 3.8) is 0 Å². The van der Waals surface area contributed by atoms with Gasteiger partial charge in [0.15, 0.2) is 0 Å². The first kappa shape index (κ1) is 19.7. The van der Waals surface area contributed by atoms with Crippen LogP contribution in [0.5, 0.6) is 5.75 Å². The molecule has 3 aromatic rings. The number of amides is 1. The molecular weight excluding hydrogens is 380 g/mol. The van der Waals surface area contributed by atoms with E-state index < -0.39 is 6.23 Å². The van der Waals surface area contributed by atoms with Crippen molar-refractivity contribution in [3.05, 3.63) is 83.2 Å². The second kappa shape index (κ2) is 8.41. The number of nitrogens with zero attached hydrogens (tertiary/aromatic N) is 4. The van der Waals surface area contributed by atoms with Gasteiger partial charge in [-0.3, -0.25) is 9.48 Å². The number of ether oxygens (including phenoxy) is 2. The zero-order valence-corrected chi connectivity index (χ0v) is 17.3. The Balaban J connectivity index is 1.56. The highest BCUT2D eigenvalue weighted by molar-refractivity contribution is 5.82. The SMILES string of the molecule is CC(=O)N1N=C(Cn2nc(C)cc2C)OC1c1ccccc1OCc1ccccc1. The molecule has 0 aliphatic carbocycles. The van der Waals surface area contributed by atoms with Gasteiger partial charge >= 0.3 is 0 Å². The summed E-state index contributed by atoms with van der Waals surface area (Å²) in [5, 5.41) is 10.2. The third-order valence-corrected chi connectivity index (χ3v) is 4.82. The van der Waals surface area contributed by atoms with E-state index in [0.29, 0.717) is 24.8 Å². The van der Waals surface area contributed by atoms with Crippen molar-refractivity contribution >= 4 is 11.8 Å². The fourth-order valence-corrected chi connectivity index (χ4v) is 3.39. The van der Waals surface area contributed by atoms with Crippen molar-refractivity contribution in [1.29, 1.82) is 0 Å². The van der Waals surface area contributed by atoms with Crippen LogP contribution in [0.3, 0.4) is 0 Å². The predicted molar refractivity (Wildman–Crippen MR) is 113 cm³/mol. The molecule has 1 atom stereocenters. The molecule has 2 heterocycles. The molecule has 4 rings (SSSR count). The minimum atomic E-state index is -0.679. The zero-order chi connectivity index (χ0) is 21.1. The lowest BCUT2D eigenvalue weighted by Crippen LogP contribution is -2.25. The normalized spacial score (nSPS) is 15.6. The standard InChI is InChI=1S/C23H24N4O3/c1-16-13-17(2)26(24-16)14-22-25-27(18(3)28)23(30-22)20-11-7-8-12-21(20)29-15-19-9-5-4-6-10-19/h4-13,23H,14-15H2,1-3H3. The van der Waals surface area contributed by atoms with Gasteiger partial charge in [0.25, 0.3) is 0 Å². The van der Waals surface area contributed by atoms with Crippen LogP contribution in [-0.4, -0.2) is 26.6 Å². The quantitative estimate of drug-likeness (QED) is 0.623. The van der Waals surface area contributed by atoms with Crippen LogP contribution in [0.25, 0.3) is 0 Å². The molecular formula is C23H24N4O3. The minimum Gasteiger partial charge on any atom is -0.488 e. The summed E-state index contributed by atoms with van der Waals surface area (Å²) < 4.78 is 14.0. The van der Waals surface area contributed by atoms with Gasteiger partial charge < -0.3 is 9.47 Å². The molecule has 0 fully saturated rings. The van der Waals surface area contributed by atoms with Gasteiger partial charge in [-0.25, -0.2) is 0 Å². The summed E-state index contributed by atoms with van der Waals surface area (Å²) >= 11 is 0. The largest absolute Gasteiger partial charge is 0.488 e. The van der Waals surface area contributed by atoms with Crippen molar-refractivity contribution in [2.24, 2.45) is 5.10 Å². The van der Waals surface area contributed by atoms with Crippen molar-refractivity contribution in [2.75, 3.05) is 0 Å². The topological polar surface area (TPSA) is 69.0 Å². The molecule has 0 N–H and O–H groups in total. The van der Waals surface area contributed by atoms with Crippen LogP contribution in [0, 0.1) is 13.8 Å². The molecule has 2 aromatic carbocycles. The number of carbonyl (C=O) groups is 1. The minimum absolute atomic E-state index is 0.207. The molecule has 1 unspecified atom stereocenters. The van der Waals surface area contributed by atoms with E-state index in [0.717, 1.165) is 22.5 Å². The number of para-hydroxylation sites is 1. The molecule has 0 saturated carbocycles. The van der Waals surface area contributed by atoms with Crippen LogP contribution < -0.4 is 4.74 Å². The predicted octanol–water partition coefficient (Wildman–Crippen LogP) is 3.97. The molecule has 1 aromatic heterocycles. The number of hydrogen-bond donors (Lipinski definition) is 0. The molecule has 7 heteroatoms. The number of hydrazone groups is 1. The van der Waals surface area contributed by atoms with Crippen LogP contribution in [0.2, 0.25) is 0 Å². The van der Waals surface area contributed by atoms with Crippen LogP contribution >= 0.6 is 0 Å². The number of hydrogen-bond acceptors (Lipinski definition) is 5. The number of rotatable bonds is 6. The van der Waals surface area contributed by atoms with Gasteiger partial charge in [0.2, 0.25) is 18.0 Å². The van der Waals surface area contributed by atoms with Crippen molar-refractivity contribution in [1.82, 2.24) is 14.8 Å². The van der Waals surface area contributed by atoms with Gasteiger partial charge in [-0.2, -0.15) is 10.1 Å². The van der Waals surface area contributed by atoms with E-state index in [4.69, 9.17) is 9.47 Å². The summed E-state index contributed by atoms with van der Waals surface area (Å²) in [5.41, 5.74) is 3.73. The molecule has 0 radical (unpaired) electrons. The Kier molecular flexibility index (Phi) is 5.52. The number of aryl methyl sites for hydroxylation is 2. The average Bonchev–Trinajstić information content (AvgIpc) is 3.30. The highest BCUT2D eigenvalue weighted by atomic mass is 16.5. The van der Waals surface area contributed by atoms with E-state index in [1.165, 1.54) is 11.9 Å². The summed E-state index contributed by atoms with van der Waals surface area (Å²) in [4.78, 5) is 12.3. The fraction of sp³-hybridized carbons (Fsp3) is 0.261. The molecule has 0 saturated heterocycles. The Labute approximate surface area is 175 Å². The second-order valence-corrected chi connectivity index (χ2v) is 7.22. The molecule has 1 aliphatic rings. The monoisotopic (exact) mass is 404 g/mol. The second-order valence-electron chi connectivity index (χ2n) is 7.22. The molecule has 1 aliphatic heterocycles. The lowest BCUT2D eigenvalue weighted by molar-refractivity contribution is -0.135. The third-order valence-electron chi connectivity index (χ3n) is 4.82. The highest BCUT2D eigenvalue weighted by Crippen LogP contribution is 2.35. The summed E-state index contributed by atoms with van der Waals surface area (Å²) in [7, 11) is 0. The van der Waals surface area contributed by atoms with E-state index >= 15 is 0 Å². The Morgan fingerprint density at radius 2 is 1.83 bits per heavy atom. The van der Waals surface area contributed by atoms with Gasteiger partial charge in [0.05, 0.1) is 11.3 Å². The van der Waals surface area contributed by atoms with Crippen LogP contribution in [0.4, 0.5) is 0 Å². The summed E-state index contributed by atoms with van der Waals surface area (Å²) in [6.07, 6.45) is -0.679. The maximum absolute atomic E-state index is 12.3. The van der Waals surface area contributed by atoms with E-state index in [9.17, 15) is 4.79 Å². The summed E-state index contributed by atoms with van der Waals surface area (Å²) in [5.74, 6) is 0.876. The molecule has 154 valence electrons. The Morgan fingerprint density at radius 1 is 1.10 bits per heavy atom. The summed E-state index contributed by atoms with van der Waals surface area (Å²) in [6.45, 7) is 6.16. The third kappa shape index (κ3) is 4.20. The van der Waals surface area contributed by atoms with Crippen molar-refractivity contribution < 1.29 is 14.3 Å². The van der Waals surface area contributed by atoms with Gasteiger partial charge in [-0.15, -0.1) is 5.10 Å². The number of aromatic nitrogens is 2. The van der Waals surface area contributed by atoms with Gasteiger partial charge in [-0.1, -0.05) is 42.5 Å². The van der Waals surface area contributed by atoms with Crippen LogP contribution in [0.1, 0.15) is 35.7 Å². The average molecular weight is 404 g/mol. The Hall–Kier alpha value is -3.61. The van der Waals surface area contributed by atoms with Gasteiger partial charge in [0.1, 0.15) is 18.9 Å². The van der Waals surface area contributed by atoms with Gasteiger partial charge in [-0.05, 0) is 37.6 Å². The number of carbonyl (C=O) groups excluding carboxylic acids is 1. The maximum atomic E-state index is 12.3. The molecule has 0 spiro atoms. The van der Waals surface area contributed by atoms with Gasteiger partial charge in [0, 0.05) is 12.6 Å². The Bertz CT molecular complexity index is 1080. The van der Waals surface area contributed by atoms with Crippen LogP contribution in [-0.2, 0) is 22.7 Å². The first-order valence-electron chi connectivity index (χ1n) is 9.82. The molecule has 1 amide bonds. The first-order valence-corrected chi connectivity index (χ1v) is 9.82.